The van der Waals surface area contributed by atoms with Crippen LogP contribution in [0.4, 0.5) is 0 Å². The average molecular weight is 197 g/mol. The van der Waals surface area contributed by atoms with Gasteiger partial charge in [-0.25, -0.2) is 0 Å². The van der Waals surface area contributed by atoms with Gasteiger partial charge in [0, 0.05) is 0 Å². The van der Waals surface area contributed by atoms with Crippen LogP contribution in [0.1, 0.15) is 40.0 Å². The van der Waals surface area contributed by atoms with Gasteiger partial charge in [-0.3, -0.25) is 0 Å². The van der Waals surface area contributed by atoms with Gasteiger partial charge in [-0.1, -0.05) is 44.9 Å². The second-order valence-corrected chi connectivity index (χ2v) is 4.81. The van der Waals surface area contributed by atoms with E-state index < -0.39 is 0 Å². The maximum Gasteiger partial charge on any atom is 2.00 e. The first-order valence-corrected chi connectivity index (χ1v) is 4.41. The summed E-state index contributed by atoms with van der Waals surface area (Å²) >= 11 is 0. The van der Waals surface area contributed by atoms with Gasteiger partial charge >= 0.3 is 23.1 Å². The van der Waals surface area contributed by atoms with Crippen molar-refractivity contribution in [3.05, 3.63) is 6.42 Å². The van der Waals surface area contributed by atoms with E-state index in [1.165, 1.54) is 19.3 Å². The summed E-state index contributed by atoms with van der Waals surface area (Å²) in [6.07, 6.45) is 6.84. The van der Waals surface area contributed by atoms with E-state index in [-0.39, 0.29) is 35.5 Å². The van der Waals surface area contributed by atoms with E-state index in [4.69, 9.17) is 0 Å². The Hall–Kier alpha value is 1.06. The first kappa shape index (κ1) is 13.1. The monoisotopic (exact) mass is 196 g/mol. The van der Waals surface area contributed by atoms with Crippen LogP contribution in [0, 0.1) is 23.2 Å². The van der Waals surface area contributed by atoms with Gasteiger partial charge in [0.2, 0.25) is 0 Å². The fraction of sp³-hybridized carbons (Fsp3) is 0.900. The third-order valence-corrected chi connectivity index (χ3v) is 4.36. The number of hydrogen-bond acceptors (Lipinski definition) is 0. The Morgan fingerprint density at radius 1 is 1.25 bits per heavy atom. The molecule has 0 nitrogen and oxygen atoms in total. The second-order valence-electron chi connectivity index (χ2n) is 4.81. The summed E-state index contributed by atoms with van der Waals surface area (Å²) < 4.78 is 0. The third kappa shape index (κ3) is 1.42. The molecule has 0 amide bonds. The molecular formula is C10H17ClMg. The zero-order chi connectivity index (χ0) is 7.41. The van der Waals surface area contributed by atoms with Gasteiger partial charge in [0.15, 0.2) is 0 Å². The van der Waals surface area contributed by atoms with Crippen LogP contribution >= 0.6 is 0 Å². The molecule has 2 aliphatic carbocycles. The van der Waals surface area contributed by atoms with Gasteiger partial charge in [-0.05, 0) is 0 Å². The van der Waals surface area contributed by atoms with Crippen LogP contribution in [0.2, 0.25) is 0 Å². The van der Waals surface area contributed by atoms with Gasteiger partial charge in [0.05, 0.1) is 0 Å². The summed E-state index contributed by atoms with van der Waals surface area (Å²) in [6, 6.07) is 0. The van der Waals surface area contributed by atoms with Crippen LogP contribution in [0.15, 0.2) is 0 Å². The minimum Gasteiger partial charge on any atom is -1.00 e. The summed E-state index contributed by atoms with van der Waals surface area (Å²) in [6.45, 7) is 7.31. The maximum absolute atomic E-state index is 2.56. The quantitative estimate of drug-likeness (QED) is 0.368. The number of fused-ring (bicyclic) bond motifs is 2. The Labute approximate surface area is 98.4 Å². The van der Waals surface area contributed by atoms with E-state index in [9.17, 15) is 0 Å². The first-order valence-electron chi connectivity index (χ1n) is 4.41. The molecule has 0 spiro atoms. The van der Waals surface area contributed by atoms with Crippen molar-refractivity contribution in [3.8, 4) is 0 Å². The molecule has 66 valence electrons. The van der Waals surface area contributed by atoms with Gasteiger partial charge < -0.3 is 18.8 Å². The zero-order valence-electron chi connectivity index (χ0n) is 8.36. The van der Waals surface area contributed by atoms with E-state index in [0.717, 1.165) is 5.92 Å². The Morgan fingerprint density at radius 2 is 1.83 bits per heavy atom. The molecule has 2 heteroatoms. The molecule has 0 aromatic rings. The van der Waals surface area contributed by atoms with Crippen LogP contribution in [0.3, 0.4) is 0 Å². The Balaban J connectivity index is 0.000000605. The van der Waals surface area contributed by atoms with E-state index in [0.29, 0.717) is 10.8 Å². The molecule has 2 bridgehead atoms. The van der Waals surface area contributed by atoms with Crippen molar-refractivity contribution in [2.45, 2.75) is 40.0 Å². The van der Waals surface area contributed by atoms with Crippen molar-refractivity contribution in [1.82, 2.24) is 0 Å². The average Bonchev–Trinajstić information content (AvgIpc) is 2.18. The van der Waals surface area contributed by atoms with Crippen LogP contribution in [-0.4, -0.2) is 23.1 Å². The molecule has 0 aromatic carbocycles. The summed E-state index contributed by atoms with van der Waals surface area (Å²) in [5, 5.41) is 0. The van der Waals surface area contributed by atoms with E-state index in [1.54, 1.807) is 0 Å². The predicted octanol–water partition coefficient (Wildman–Crippen LogP) is -0.340. The van der Waals surface area contributed by atoms with Gasteiger partial charge in [-0.15, -0.1) is 0 Å². The van der Waals surface area contributed by atoms with Gasteiger partial charge in [0.1, 0.15) is 0 Å². The molecule has 0 saturated heterocycles. The van der Waals surface area contributed by atoms with E-state index in [1.807, 2.05) is 0 Å². The Kier molecular flexibility index (Phi) is 3.99. The molecule has 0 aromatic heterocycles. The van der Waals surface area contributed by atoms with Crippen molar-refractivity contribution < 1.29 is 12.4 Å². The predicted molar refractivity (Wildman–Crippen MR) is 49.3 cm³/mol. The van der Waals surface area contributed by atoms with Crippen molar-refractivity contribution >= 4 is 23.1 Å². The normalized spacial score (nSPS) is 41.8. The summed E-state index contributed by atoms with van der Waals surface area (Å²) in [4.78, 5) is 0. The molecule has 2 rings (SSSR count). The van der Waals surface area contributed by atoms with Crippen molar-refractivity contribution in [3.63, 3.8) is 0 Å². The molecule has 2 fully saturated rings. The van der Waals surface area contributed by atoms with Crippen LogP contribution in [-0.2, 0) is 0 Å². The fourth-order valence-electron chi connectivity index (χ4n) is 2.80. The van der Waals surface area contributed by atoms with Crippen LogP contribution < -0.4 is 12.4 Å². The molecule has 0 heterocycles. The topological polar surface area (TPSA) is 0 Å². The minimum atomic E-state index is 0. The zero-order valence-corrected chi connectivity index (χ0v) is 10.5. The van der Waals surface area contributed by atoms with Gasteiger partial charge in [-0.2, -0.15) is 11.8 Å². The first-order chi connectivity index (χ1) is 4.56. The summed E-state index contributed by atoms with van der Waals surface area (Å²) in [7, 11) is 0. The smallest absolute Gasteiger partial charge is 1.00 e. The minimum absolute atomic E-state index is 0. The molecule has 2 aliphatic rings. The molecule has 0 radical (unpaired) electrons. The largest absolute Gasteiger partial charge is 2.00 e. The Morgan fingerprint density at radius 3 is 1.92 bits per heavy atom. The molecule has 2 saturated carbocycles. The SMILES string of the molecule is CC1(C)[C@H]2C[CH-][C@]1(C)CC2.[Cl-].[Mg+2]. The maximum atomic E-state index is 2.56. The summed E-state index contributed by atoms with van der Waals surface area (Å²) in [5.74, 6) is 0.998. The molecule has 0 aliphatic heterocycles. The number of halogens is 1. The van der Waals surface area contributed by atoms with Gasteiger partial charge in [0.25, 0.3) is 0 Å². The molecule has 0 unspecified atom stereocenters. The molecule has 0 N–H and O–H groups in total. The van der Waals surface area contributed by atoms with E-state index in [2.05, 4.69) is 27.2 Å². The van der Waals surface area contributed by atoms with E-state index >= 15 is 0 Å². The van der Waals surface area contributed by atoms with Crippen LogP contribution in [0.5, 0.6) is 0 Å². The second kappa shape index (κ2) is 3.66. The van der Waals surface area contributed by atoms with Crippen molar-refractivity contribution in [1.29, 1.82) is 0 Å². The summed E-state index contributed by atoms with van der Waals surface area (Å²) in [5.41, 5.74) is 1.19. The number of rotatable bonds is 0. The third-order valence-electron chi connectivity index (χ3n) is 4.36. The number of hydrogen-bond donors (Lipinski definition) is 0. The van der Waals surface area contributed by atoms with Crippen molar-refractivity contribution in [2.24, 2.45) is 16.7 Å². The molecular weight excluding hydrogens is 180 g/mol. The van der Waals surface area contributed by atoms with Crippen molar-refractivity contribution in [2.75, 3.05) is 0 Å². The molecule has 12 heavy (non-hydrogen) atoms. The standard InChI is InChI=1S/C10H17.ClH.Mg/c1-9(2)8-4-6-10(9,3)7-5-8;;/h6,8H,4-5,7H2,1-3H3;1H;/q-1;;+2/p-1/t8-,10+;;/m0../s1. The van der Waals surface area contributed by atoms with Crippen LogP contribution in [0.25, 0.3) is 0 Å². The Bertz CT molecular complexity index is 154. The molecule has 2 atom stereocenters. The fourth-order valence-corrected chi connectivity index (χ4v) is 2.80.